The molecule has 0 aromatic carbocycles. The lowest BCUT2D eigenvalue weighted by atomic mass is 10.1. The van der Waals surface area contributed by atoms with Gasteiger partial charge in [0.25, 0.3) is 0 Å². The van der Waals surface area contributed by atoms with E-state index in [4.69, 9.17) is 4.74 Å². The number of H-pyrrole nitrogens is 1. The fourth-order valence-corrected chi connectivity index (χ4v) is 2.67. The van der Waals surface area contributed by atoms with Crippen molar-refractivity contribution in [2.75, 3.05) is 13.2 Å². The van der Waals surface area contributed by atoms with Crippen LogP contribution in [-0.2, 0) is 15.0 Å². The van der Waals surface area contributed by atoms with Crippen LogP contribution in [0.4, 0.5) is 3.89 Å². The maximum atomic E-state index is 13.2. The fraction of sp³-hybridized carbons (Fsp3) is 0.400. The van der Waals surface area contributed by atoms with E-state index in [0.29, 0.717) is 31.1 Å². The minimum absolute atomic E-state index is 0.0850. The van der Waals surface area contributed by atoms with E-state index < -0.39 is 15.2 Å². The lowest BCUT2D eigenvalue weighted by molar-refractivity contribution is 0.193. The molecule has 6 nitrogen and oxygen atoms in total. The minimum Gasteiger partial charge on any atom is -0.381 e. The molecule has 0 bridgehead atoms. The zero-order valence-corrected chi connectivity index (χ0v) is 10.1. The van der Waals surface area contributed by atoms with Crippen LogP contribution in [0.15, 0.2) is 17.3 Å². The first-order valence-corrected chi connectivity index (χ1v) is 6.81. The first kappa shape index (κ1) is 11.5. The van der Waals surface area contributed by atoms with Gasteiger partial charge in [0, 0.05) is 18.7 Å². The number of nitrogens with zero attached hydrogens (tertiary/aromatic N) is 2. The van der Waals surface area contributed by atoms with Gasteiger partial charge in [-0.1, -0.05) is 3.89 Å². The SMILES string of the molecule is O=S(=O)(F)c1nc(C2CCOC2)nc2[nH]ccc12. The Morgan fingerprint density at radius 3 is 2.94 bits per heavy atom. The molecule has 2 aromatic rings. The summed E-state index contributed by atoms with van der Waals surface area (Å²) < 4.78 is 40.6. The molecule has 18 heavy (non-hydrogen) atoms. The standard InChI is InChI=1S/C10H10FN3O3S/c11-18(15,16)10-7-1-3-12-9(7)13-8(14-10)6-2-4-17-5-6/h1,3,6H,2,4-5H2,(H,12,13,14). The van der Waals surface area contributed by atoms with Crippen LogP contribution in [-0.4, -0.2) is 36.6 Å². The van der Waals surface area contributed by atoms with E-state index in [1.54, 1.807) is 0 Å². The van der Waals surface area contributed by atoms with Gasteiger partial charge in [-0.3, -0.25) is 0 Å². The van der Waals surface area contributed by atoms with E-state index in [2.05, 4.69) is 15.0 Å². The van der Waals surface area contributed by atoms with Crippen molar-refractivity contribution in [3.05, 3.63) is 18.1 Å². The molecule has 0 amide bonds. The number of aromatic amines is 1. The van der Waals surface area contributed by atoms with E-state index in [1.165, 1.54) is 12.3 Å². The predicted molar refractivity (Wildman–Crippen MR) is 60.4 cm³/mol. The van der Waals surface area contributed by atoms with Crippen LogP contribution in [0.2, 0.25) is 0 Å². The zero-order chi connectivity index (χ0) is 12.8. The molecule has 8 heteroatoms. The molecule has 1 unspecified atom stereocenters. The number of fused-ring (bicyclic) bond motifs is 1. The van der Waals surface area contributed by atoms with Crippen LogP contribution in [0.25, 0.3) is 11.0 Å². The lowest BCUT2D eigenvalue weighted by Gasteiger charge is -2.07. The molecule has 1 atom stereocenters. The van der Waals surface area contributed by atoms with Crippen LogP contribution in [0.3, 0.4) is 0 Å². The summed E-state index contributed by atoms with van der Waals surface area (Å²) in [4.78, 5) is 10.8. The molecule has 1 N–H and O–H groups in total. The van der Waals surface area contributed by atoms with Crippen molar-refractivity contribution in [3.8, 4) is 0 Å². The lowest BCUT2D eigenvalue weighted by Crippen LogP contribution is -2.08. The van der Waals surface area contributed by atoms with Crippen LogP contribution in [0.1, 0.15) is 18.2 Å². The largest absolute Gasteiger partial charge is 0.381 e. The fourth-order valence-electron chi connectivity index (χ4n) is 2.04. The molecule has 96 valence electrons. The molecule has 3 heterocycles. The van der Waals surface area contributed by atoms with E-state index in [9.17, 15) is 12.3 Å². The molecule has 0 spiro atoms. The second-order valence-corrected chi connectivity index (χ2v) is 5.39. The van der Waals surface area contributed by atoms with Crippen molar-refractivity contribution in [1.82, 2.24) is 15.0 Å². The van der Waals surface area contributed by atoms with Gasteiger partial charge in [-0.2, -0.15) is 8.42 Å². The summed E-state index contributed by atoms with van der Waals surface area (Å²) in [5, 5.41) is -0.407. The summed E-state index contributed by atoms with van der Waals surface area (Å²) in [6.45, 7) is 1.01. The average Bonchev–Trinajstić information content (AvgIpc) is 2.97. The van der Waals surface area contributed by atoms with E-state index >= 15 is 0 Å². The van der Waals surface area contributed by atoms with Gasteiger partial charge in [-0.15, -0.1) is 0 Å². The first-order valence-electron chi connectivity index (χ1n) is 5.43. The molecule has 1 aliphatic rings. The van der Waals surface area contributed by atoms with Crippen molar-refractivity contribution in [3.63, 3.8) is 0 Å². The Kier molecular flexibility index (Phi) is 2.56. The maximum Gasteiger partial charge on any atom is 0.350 e. The molecule has 1 aliphatic heterocycles. The number of rotatable bonds is 2. The van der Waals surface area contributed by atoms with Crippen molar-refractivity contribution in [2.45, 2.75) is 17.4 Å². The third-order valence-corrected chi connectivity index (χ3v) is 3.70. The topological polar surface area (TPSA) is 84.9 Å². The summed E-state index contributed by atoms with van der Waals surface area (Å²) in [5.41, 5.74) is 0.322. The Bertz CT molecular complexity index is 691. The Hall–Kier alpha value is -1.54. The van der Waals surface area contributed by atoms with Crippen molar-refractivity contribution in [1.29, 1.82) is 0 Å². The summed E-state index contributed by atoms with van der Waals surface area (Å²) in [6, 6.07) is 1.44. The van der Waals surface area contributed by atoms with Crippen molar-refractivity contribution >= 4 is 21.3 Å². The highest BCUT2D eigenvalue weighted by molar-refractivity contribution is 7.86. The molecule has 3 rings (SSSR count). The van der Waals surface area contributed by atoms with Gasteiger partial charge in [-0.25, -0.2) is 9.97 Å². The highest BCUT2D eigenvalue weighted by Gasteiger charge is 2.26. The Morgan fingerprint density at radius 2 is 2.28 bits per heavy atom. The Morgan fingerprint density at radius 1 is 1.44 bits per heavy atom. The van der Waals surface area contributed by atoms with Crippen LogP contribution < -0.4 is 0 Å². The van der Waals surface area contributed by atoms with Gasteiger partial charge in [0.05, 0.1) is 12.0 Å². The summed E-state index contributed by atoms with van der Waals surface area (Å²) in [6.07, 6.45) is 2.21. The highest BCUT2D eigenvalue weighted by atomic mass is 32.3. The number of hydrogen-bond donors (Lipinski definition) is 1. The summed E-state index contributed by atoms with van der Waals surface area (Å²) >= 11 is 0. The van der Waals surface area contributed by atoms with Gasteiger partial charge in [0.1, 0.15) is 11.5 Å². The Labute approximate surface area is 102 Å². The van der Waals surface area contributed by atoms with Gasteiger partial charge >= 0.3 is 10.2 Å². The van der Waals surface area contributed by atoms with E-state index in [0.717, 1.165) is 0 Å². The Balaban J connectivity index is 2.23. The van der Waals surface area contributed by atoms with Gasteiger partial charge < -0.3 is 9.72 Å². The monoisotopic (exact) mass is 271 g/mol. The second kappa shape index (κ2) is 3.99. The summed E-state index contributed by atoms with van der Waals surface area (Å²) in [5.74, 6) is 0.219. The molecule has 0 aliphatic carbocycles. The van der Waals surface area contributed by atoms with Gasteiger partial charge in [-0.05, 0) is 12.5 Å². The number of aromatic nitrogens is 3. The van der Waals surface area contributed by atoms with Crippen LogP contribution >= 0.6 is 0 Å². The highest BCUT2D eigenvalue weighted by Crippen LogP contribution is 2.27. The average molecular weight is 271 g/mol. The van der Waals surface area contributed by atoms with Crippen LogP contribution in [0, 0.1) is 0 Å². The third kappa shape index (κ3) is 1.87. The van der Waals surface area contributed by atoms with Crippen LogP contribution in [0.5, 0.6) is 0 Å². The smallest absolute Gasteiger partial charge is 0.350 e. The number of ether oxygens (including phenoxy) is 1. The molecule has 1 saturated heterocycles. The first-order chi connectivity index (χ1) is 8.55. The molecule has 2 aromatic heterocycles. The van der Waals surface area contributed by atoms with E-state index in [-0.39, 0.29) is 11.3 Å². The molecule has 0 radical (unpaired) electrons. The predicted octanol–water partition coefficient (Wildman–Crippen LogP) is 1.12. The quantitative estimate of drug-likeness (QED) is 0.653. The van der Waals surface area contributed by atoms with Gasteiger partial charge in [0.2, 0.25) is 0 Å². The molecular weight excluding hydrogens is 261 g/mol. The normalized spacial score (nSPS) is 20.6. The molecular formula is C10H10FN3O3S. The molecule has 1 fully saturated rings. The number of hydrogen-bond acceptors (Lipinski definition) is 5. The minimum atomic E-state index is -4.86. The third-order valence-electron chi connectivity index (χ3n) is 2.92. The maximum absolute atomic E-state index is 13.2. The molecule has 0 saturated carbocycles. The number of halogens is 1. The second-order valence-electron chi connectivity index (χ2n) is 4.13. The zero-order valence-electron chi connectivity index (χ0n) is 9.26. The van der Waals surface area contributed by atoms with Crippen molar-refractivity contribution in [2.24, 2.45) is 0 Å². The van der Waals surface area contributed by atoms with E-state index in [1.807, 2.05) is 0 Å². The summed E-state index contributed by atoms with van der Waals surface area (Å²) in [7, 11) is -4.86. The van der Waals surface area contributed by atoms with Gasteiger partial charge in [0.15, 0.2) is 5.03 Å². The number of nitrogens with one attached hydrogen (secondary N) is 1. The van der Waals surface area contributed by atoms with Crippen molar-refractivity contribution < 1.29 is 17.0 Å².